The minimum absolute atomic E-state index is 0.0209. The summed E-state index contributed by atoms with van der Waals surface area (Å²) in [7, 11) is 4.24. The van der Waals surface area contributed by atoms with Crippen molar-refractivity contribution in [2.24, 2.45) is 5.92 Å². The topological polar surface area (TPSA) is 52.6 Å². The van der Waals surface area contributed by atoms with Gasteiger partial charge in [0.05, 0.1) is 0 Å². The number of anilines is 1. The summed E-state index contributed by atoms with van der Waals surface area (Å²) < 4.78 is 0. The molecule has 0 spiro atoms. The molecule has 2 fully saturated rings. The third kappa shape index (κ3) is 3.11. The van der Waals surface area contributed by atoms with Crippen molar-refractivity contribution in [3.63, 3.8) is 0 Å². The summed E-state index contributed by atoms with van der Waals surface area (Å²) in [5, 5.41) is 0. The van der Waals surface area contributed by atoms with Crippen molar-refractivity contribution in [3.8, 4) is 0 Å². The number of rotatable bonds is 4. The first-order valence-electron chi connectivity index (χ1n) is 8.96. The van der Waals surface area contributed by atoms with E-state index in [2.05, 4.69) is 47.7 Å². The lowest BCUT2D eigenvalue weighted by molar-refractivity contribution is 0.0481. The van der Waals surface area contributed by atoms with Crippen LogP contribution in [0.4, 0.5) is 5.82 Å². The van der Waals surface area contributed by atoms with Crippen LogP contribution in [0.1, 0.15) is 41.6 Å². The molecule has 0 bridgehead atoms. The van der Waals surface area contributed by atoms with Gasteiger partial charge in [-0.1, -0.05) is 6.92 Å². The van der Waals surface area contributed by atoms with Crippen LogP contribution in [-0.2, 0) is 0 Å². The zero-order valence-electron chi connectivity index (χ0n) is 15.5. The second-order valence-electron chi connectivity index (χ2n) is 7.42. The van der Waals surface area contributed by atoms with E-state index in [4.69, 9.17) is 0 Å². The summed E-state index contributed by atoms with van der Waals surface area (Å²) in [5.41, 5.74) is 1.99. The molecule has 1 atom stereocenters. The largest absolute Gasteiger partial charge is 0.355 e. The van der Waals surface area contributed by atoms with E-state index in [0.717, 1.165) is 56.1 Å². The predicted molar refractivity (Wildman–Crippen MR) is 95.5 cm³/mol. The number of hydrogen-bond donors (Lipinski definition) is 0. The number of likely N-dealkylation sites (N-methyl/N-ethyl adjacent to an activating group) is 1. The van der Waals surface area contributed by atoms with Crippen molar-refractivity contribution in [1.29, 1.82) is 0 Å². The molecule has 6 heteroatoms. The molecule has 3 rings (SSSR count). The number of aromatic nitrogens is 2. The molecular formula is C18H29N5O. The van der Waals surface area contributed by atoms with Crippen molar-refractivity contribution in [3.05, 3.63) is 17.1 Å². The zero-order chi connectivity index (χ0) is 17.4. The summed E-state index contributed by atoms with van der Waals surface area (Å²) in [6, 6.07) is 0.541. The highest BCUT2D eigenvalue weighted by molar-refractivity contribution is 5.91. The summed E-state index contributed by atoms with van der Waals surface area (Å²) in [6.07, 6.45) is 2.26. The molecule has 1 amide bonds. The highest BCUT2D eigenvalue weighted by atomic mass is 16.2. The smallest absolute Gasteiger partial charge is 0.291 e. The fourth-order valence-corrected chi connectivity index (χ4v) is 3.51. The average molecular weight is 331 g/mol. The van der Waals surface area contributed by atoms with E-state index in [0.29, 0.717) is 17.8 Å². The van der Waals surface area contributed by atoms with Crippen LogP contribution in [-0.4, -0.2) is 72.0 Å². The van der Waals surface area contributed by atoms with E-state index in [1.165, 1.54) is 0 Å². The van der Waals surface area contributed by atoms with Crippen LogP contribution in [0, 0.1) is 19.8 Å². The Morgan fingerprint density at radius 1 is 1.21 bits per heavy atom. The van der Waals surface area contributed by atoms with Crippen LogP contribution in [0.3, 0.4) is 0 Å². The second-order valence-corrected chi connectivity index (χ2v) is 7.42. The lowest BCUT2D eigenvalue weighted by atomic mass is 9.97. The Kier molecular flexibility index (Phi) is 4.76. The van der Waals surface area contributed by atoms with Crippen LogP contribution in [0.25, 0.3) is 0 Å². The number of likely N-dealkylation sites (tertiary alicyclic amines) is 1. The number of carbonyl (C=O) groups is 1. The van der Waals surface area contributed by atoms with Crippen molar-refractivity contribution in [1.82, 2.24) is 19.8 Å². The summed E-state index contributed by atoms with van der Waals surface area (Å²) in [4.78, 5) is 28.2. The van der Waals surface area contributed by atoms with Crippen LogP contribution in [0.5, 0.6) is 0 Å². The van der Waals surface area contributed by atoms with Crippen LogP contribution < -0.4 is 4.90 Å². The van der Waals surface area contributed by atoms with Gasteiger partial charge in [0, 0.05) is 43.5 Å². The van der Waals surface area contributed by atoms with Crippen molar-refractivity contribution in [2.75, 3.05) is 45.2 Å². The Morgan fingerprint density at radius 2 is 1.92 bits per heavy atom. The van der Waals surface area contributed by atoms with Gasteiger partial charge in [-0.2, -0.15) is 0 Å². The van der Waals surface area contributed by atoms with Gasteiger partial charge in [0.15, 0.2) is 0 Å². The Balaban J connectivity index is 1.81. The Bertz CT molecular complexity index is 624. The van der Waals surface area contributed by atoms with Gasteiger partial charge in [-0.25, -0.2) is 9.97 Å². The van der Waals surface area contributed by atoms with Crippen molar-refractivity contribution >= 4 is 11.7 Å². The molecule has 3 heterocycles. The number of hydrogen-bond acceptors (Lipinski definition) is 5. The minimum Gasteiger partial charge on any atom is -0.355 e. The number of aryl methyl sites for hydroxylation is 1. The number of carbonyl (C=O) groups excluding carboxylic acids is 1. The van der Waals surface area contributed by atoms with Crippen LogP contribution in [0.2, 0.25) is 0 Å². The van der Waals surface area contributed by atoms with Gasteiger partial charge < -0.3 is 14.7 Å². The molecule has 2 aliphatic rings. The molecule has 1 aromatic rings. The lowest BCUT2D eigenvalue weighted by Crippen LogP contribution is -2.50. The van der Waals surface area contributed by atoms with Crippen LogP contribution in [0.15, 0.2) is 0 Å². The highest BCUT2D eigenvalue weighted by Gasteiger charge is 2.33. The molecule has 1 aromatic heterocycles. The Morgan fingerprint density at radius 3 is 2.50 bits per heavy atom. The molecule has 0 radical (unpaired) electrons. The van der Waals surface area contributed by atoms with Gasteiger partial charge in [-0.05, 0) is 46.7 Å². The fourth-order valence-electron chi connectivity index (χ4n) is 3.51. The SMILES string of the molecule is CCC1CN(C(=O)c2nc(C)c(C)c(N3CC[C@@H](N(C)C)C3)n2)C1. The molecule has 0 N–H and O–H groups in total. The molecule has 132 valence electrons. The first-order valence-corrected chi connectivity index (χ1v) is 8.96. The average Bonchev–Trinajstić information content (AvgIpc) is 2.98. The van der Waals surface area contributed by atoms with Gasteiger partial charge in [-0.3, -0.25) is 4.79 Å². The quantitative estimate of drug-likeness (QED) is 0.841. The van der Waals surface area contributed by atoms with Crippen LogP contribution >= 0.6 is 0 Å². The molecule has 0 saturated carbocycles. The maximum atomic E-state index is 12.7. The lowest BCUT2D eigenvalue weighted by Gasteiger charge is -2.38. The van der Waals surface area contributed by atoms with E-state index in [1.54, 1.807) is 0 Å². The minimum atomic E-state index is -0.0209. The Labute approximate surface area is 144 Å². The molecule has 24 heavy (non-hydrogen) atoms. The standard InChI is InChI=1S/C18H29N5O/c1-6-14-9-23(10-14)18(24)16-19-13(3)12(2)17(20-16)22-8-7-15(11-22)21(4)5/h14-15H,6-11H2,1-5H3/t15-/m1/s1. The van der Waals surface area contributed by atoms with Crippen molar-refractivity contribution < 1.29 is 4.79 Å². The van der Waals surface area contributed by atoms with E-state index in [1.807, 2.05) is 11.8 Å². The number of nitrogens with zero attached hydrogens (tertiary/aromatic N) is 5. The third-order valence-corrected chi connectivity index (χ3v) is 5.57. The normalized spacial score (nSPS) is 21.5. The van der Waals surface area contributed by atoms with E-state index >= 15 is 0 Å². The summed E-state index contributed by atoms with van der Waals surface area (Å²) in [5.74, 6) is 1.91. The highest BCUT2D eigenvalue weighted by Crippen LogP contribution is 2.26. The summed E-state index contributed by atoms with van der Waals surface area (Å²) >= 11 is 0. The maximum absolute atomic E-state index is 12.7. The van der Waals surface area contributed by atoms with Gasteiger partial charge in [0.1, 0.15) is 5.82 Å². The first kappa shape index (κ1) is 17.1. The molecule has 2 aliphatic heterocycles. The van der Waals surface area contributed by atoms with Gasteiger partial charge in [0.25, 0.3) is 5.91 Å². The molecule has 6 nitrogen and oxygen atoms in total. The zero-order valence-corrected chi connectivity index (χ0v) is 15.5. The predicted octanol–water partition coefficient (Wildman–Crippen LogP) is 1.72. The number of amides is 1. The second kappa shape index (κ2) is 6.67. The molecule has 0 unspecified atom stereocenters. The van der Waals surface area contributed by atoms with E-state index < -0.39 is 0 Å². The monoisotopic (exact) mass is 331 g/mol. The third-order valence-electron chi connectivity index (χ3n) is 5.57. The fraction of sp³-hybridized carbons (Fsp3) is 0.722. The Hall–Kier alpha value is -1.69. The molecule has 0 aliphatic carbocycles. The molecule has 0 aromatic carbocycles. The summed E-state index contributed by atoms with van der Waals surface area (Å²) in [6.45, 7) is 9.82. The van der Waals surface area contributed by atoms with E-state index in [9.17, 15) is 4.79 Å². The van der Waals surface area contributed by atoms with Crippen molar-refractivity contribution in [2.45, 2.75) is 39.7 Å². The molecule has 2 saturated heterocycles. The van der Waals surface area contributed by atoms with Gasteiger partial charge >= 0.3 is 0 Å². The maximum Gasteiger partial charge on any atom is 0.291 e. The first-order chi connectivity index (χ1) is 11.4. The van der Waals surface area contributed by atoms with Gasteiger partial charge in [0.2, 0.25) is 5.82 Å². The van der Waals surface area contributed by atoms with Gasteiger partial charge in [-0.15, -0.1) is 0 Å². The molecular weight excluding hydrogens is 302 g/mol. The van der Waals surface area contributed by atoms with E-state index in [-0.39, 0.29) is 5.91 Å².